The molecule has 45 heavy (non-hydrogen) atoms. The van der Waals surface area contributed by atoms with Crippen LogP contribution in [-0.2, 0) is 12.0 Å². The van der Waals surface area contributed by atoms with Gasteiger partial charge in [-0.3, -0.25) is 4.98 Å². The zero-order valence-electron chi connectivity index (χ0n) is 22.7. The maximum absolute atomic E-state index is 13.8. The number of rotatable bonds is 12. The van der Waals surface area contributed by atoms with Gasteiger partial charge in [0.05, 0.1) is 10.7 Å². The second-order valence-corrected chi connectivity index (χ2v) is 9.93. The fraction of sp³-hybridized carbons (Fsp3) is 0.200. The first-order valence-electron chi connectivity index (χ1n) is 12.9. The number of halogens is 9. The fourth-order valence-electron chi connectivity index (χ4n) is 4.24. The van der Waals surface area contributed by atoms with Gasteiger partial charge in [0, 0.05) is 18.3 Å². The van der Waals surface area contributed by atoms with Gasteiger partial charge < -0.3 is 20.1 Å². The molecular weight excluding hydrogens is 638 g/mol. The number of hydrogen-bond donors (Lipinski definition) is 2. The van der Waals surface area contributed by atoms with Crippen LogP contribution in [0.3, 0.4) is 0 Å². The first kappa shape index (κ1) is 33.3. The van der Waals surface area contributed by atoms with Crippen molar-refractivity contribution in [1.82, 2.24) is 10.3 Å². The Morgan fingerprint density at radius 1 is 0.778 bits per heavy atom. The standard InChI is InChI=1S/C30H22ClF8N3O3/c31-20-9-14-24(40-17-20)28(16-18-5-2-1-3-6-18,19-7-4-8-23(15-19)45-30(38,39)26(34)35)42-27(43)41-21-10-12-22(13-11-21)44-29(36,37)25(32)33/h1-15,17,25-26H,16H2,(H2,41,42,43). The van der Waals surface area contributed by atoms with Gasteiger partial charge in [-0.2, -0.15) is 35.1 Å². The molecule has 6 nitrogen and oxygen atoms in total. The molecule has 0 saturated heterocycles. The third kappa shape index (κ3) is 8.32. The molecule has 0 bridgehead atoms. The minimum atomic E-state index is -4.82. The number of carbonyl (C=O) groups is 1. The van der Waals surface area contributed by atoms with Crippen LogP contribution in [0.5, 0.6) is 11.5 Å². The molecule has 0 aliphatic carbocycles. The summed E-state index contributed by atoms with van der Waals surface area (Å²) in [5, 5.41) is 5.46. The van der Waals surface area contributed by atoms with E-state index in [1.54, 1.807) is 30.3 Å². The lowest BCUT2D eigenvalue weighted by atomic mass is 9.80. The third-order valence-electron chi connectivity index (χ3n) is 6.26. The maximum atomic E-state index is 13.8. The Labute approximate surface area is 255 Å². The number of alkyl halides is 8. The number of benzene rings is 3. The molecule has 1 heterocycles. The van der Waals surface area contributed by atoms with E-state index < -0.39 is 48.1 Å². The molecule has 1 unspecified atom stereocenters. The number of aromatic nitrogens is 1. The number of hydrogen-bond acceptors (Lipinski definition) is 4. The van der Waals surface area contributed by atoms with Gasteiger partial charge >= 0.3 is 31.1 Å². The molecule has 0 radical (unpaired) electrons. The van der Waals surface area contributed by atoms with Crippen molar-refractivity contribution >= 4 is 23.3 Å². The zero-order valence-corrected chi connectivity index (χ0v) is 23.4. The van der Waals surface area contributed by atoms with E-state index >= 15 is 0 Å². The van der Waals surface area contributed by atoms with Crippen molar-refractivity contribution in [3.05, 3.63) is 119 Å². The van der Waals surface area contributed by atoms with E-state index in [1.165, 1.54) is 30.5 Å². The van der Waals surface area contributed by atoms with Crippen LogP contribution < -0.4 is 20.1 Å². The zero-order chi connectivity index (χ0) is 32.8. The van der Waals surface area contributed by atoms with E-state index in [4.69, 9.17) is 11.6 Å². The number of carbonyl (C=O) groups excluding carboxylic acids is 1. The minimum absolute atomic E-state index is 0.0200. The summed E-state index contributed by atoms with van der Waals surface area (Å²) in [6, 6.07) is 19.4. The van der Waals surface area contributed by atoms with Crippen LogP contribution in [0, 0.1) is 0 Å². The molecule has 0 aliphatic heterocycles. The summed E-state index contributed by atoms with van der Waals surface area (Å²) in [5.41, 5.74) is -0.789. The quantitative estimate of drug-likeness (QED) is 0.150. The normalized spacial score (nSPS) is 13.3. The predicted molar refractivity (Wildman–Crippen MR) is 148 cm³/mol. The first-order chi connectivity index (χ1) is 21.2. The Hall–Kier alpha value is -4.59. The minimum Gasteiger partial charge on any atom is -0.428 e. The summed E-state index contributed by atoms with van der Waals surface area (Å²) in [4.78, 5) is 17.8. The Kier molecular flexibility index (Phi) is 10.1. The van der Waals surface area contributed by atoms with Crippen LogP contribution in [-0.4, -0.2) is 36.1 Å². The van der Waals surface area contributed by atoms with Crippen molar-refractivity contribution in [2.24, 2.45) is 0 Å². The van der Waals surface area contributed by atoms with E-state index in [2.05, 4.69) is 25.1 Å². The van der Waals surface area contributed by atoms with E-state index in [9.17, 15) is 39.9 Å². The molecule has 4 aromatic rings. The molecular formula is C30H22ClF8N3O3. The molecule has 0 aliphatic rings. The average molecular weight is 660 g/mol. The van der Waals surface area contributed by atoms with Crippen molar-refractivity contribution < 1.29 is 49.4 Å². The number of anilines is 1. The van der Waals surface area contributed by atoms with Gasteiger partial charge in [-0.15, -0.1) is 0 Å². The highest BCUT2D eigenvalue weighted by atomic mass is 35.5. The number of ether oxygens (including phenoxy) is 2. The number of urea groups is 1. The molecule has 15 heteroatoms. The molecule has 0 fully saturated rings. The fourth-order valence-corrected chi connectivity index (χ4v) is 4.35. The Morgan fingerprint density at radius 2 is 1.40 bits per heavy atom. The second-order valence-electron chi connectivity index (χ2n) is 9.49. The smallest absolute Gasteiger partial charge is 0.428 e. The van der Waals surface area contributed by atoms with E-state index in [0.29, 0.717) is 5.56 Å². The SMILES string of the molecule is O=C(Nc1ccc(OC(F)(F)C(F)F)cc1)NC(Cc1ccccc1)(c1cccc(OC(F)(F)C(F)F)c1)c1ccc(Cl)cn1. The summed E-state index contributed by atoms with van der Waals surface area (Å²) >= 11 is 6.04. The molecule has 0 spiro atoms. The molecule has 0 saturated carbocycles. The lowest BCUT2D eigenvalue weighted by molar-refractivity contribution is -0.253. The van der Waals surface area contributed by atoms with Crippen molar-refractivity contribution in [3.8, 4) is 11.5 Å². The maximum Gasteiger partial charge on any atom is 0.461 e. The summed E-state index contributed by atoms with van der Waals surface area (Å²) in [7, 11) is 0. The first-order valence-corrected chi connectivity index (χ1v) is 13.2. The van der Waals surface area contributed by atoms with Crippen molar-refractivity contribution in [3.63, 3.8) is 0 Å². The largest absolute Gasteiger partial charge is 0.461 e. The van der Waals surface area contributed by atoms with Crippen LogP contribution in [0.15, 0.2) is 97.2 Å². The van der Waals surface area contributed by atoms with E-state index in [1.807, 2.05) is 0 Å². The van der Waals surface area contributed by atoms with Crippen LogP contribution in [0.4, 0.5) is 45.6 Å². The molecule has 2 N–H and O–H groups in total. The monoisotopic (exact) mass is 659 g/mol. The van der Waals surface area contributed by atoms with Gasteiger partial charge in [-0.1, -0.05) is 54.1 Å². The molecule has 2 amide bonds. The lowest BCUT2D eigenvalue weighted by Gasteiger charge is -2.35. The van der Waals surface area contributed by atoms with Crippen LogP contribution in [0.25, 0.3) is 0 Å². The Balaban J connectivity index is 1.74. The van der Waals surface area contributed by atoms with Gasteiger partial charge in [0.15, 0.2) is 0 Å². The molecule has 4 rings (SSSR count). The van der Waals surface area contributed by atoms with Crippen LogP contribution in [0.2, 0.25) is 5.02 Å². The molecule has 1 aromatic heterocycles. The summed E-state index contributed by atoms with van der Waals surface area (Å²) in [6.07, 6.45) is -16.6. The topological polar surface area (TPSA) is 72.5 Å². The van der Waals surface area contributed by atoms with E-state index in [0.717, 1.165) is 36.4 Å². The Bertz CT molecular complexity index is 1580. The highest BCUT2D eigenvalue weighted by Gasteiger charge is 2.45. The van der Waals surface area contributed by atoms with Crippen molar-refractivity contribution in [1.29, 1.82) is 0 Å². The summed E-state index contributed by atoms with van der Waals surface area (Å²) < 4.78 is 113. The van der Waals surface area contributed by atoms with Gasteiger partial charge in [0.1, 0.15) is 17.0 Å². The van der Waals surface area contributed by atoms with E-state index in [-0.39, 0.29) is 28.4 Å². The third-order valence-corrected chi connectivity index (χ3v) is 6.48. The summed E-state index contributed by atoms with van der Waals surface area (Å²) in [5.74, 6) is -1.24. The second kappa shape index (κ2) is 13.6. The summed E-state index contributed by atoms with van der Waals surface area (Å²) in [6.45, 7) is 0. The van der Waals surface area contributed by atoms with Gasteiger partial charge in [0.2, 0.25) is 0 Å². The number of pyridine rings is 1. The number of amides is 2. The predicted octanol–water partition coefficient (Wildman–Crippen LogP) is 8.52. The van der Waals surface area contributed by atoms with Crippen LogP contribution in [0.1, 0.15) is 16.8 Å². The van der Waals surface area contributed by atoms with Crippen molar-refractivity contribution in [2.75, 3.05) is 5.32 Å². The molecule has 238 valence electrons. The van der Waals surface area contributed by atoms with Crippen molar-refractivity contribution in [2.45, 2.75) is 37.0 Å². The number of nitrogens with one attached hydrogen (secondary N) is 2. The molecule has 3 aromatic carbocycles. The molecule has 1 atom stereocenters. The van der Waals surface area contributed by atoms with Gasteiger partial charge in [-0.25, -0.2) is 4.79 Å². The lowest BCUT2D eigenvalue weighted by Crippen LogP contribution is -2.50. The van der Waals surface area contributed by atoms with Gasteiger partial charge in [-0.05, 0) is 59.7 Å². The average Bonchev–Trinajstić information content (AvgIpc) is 2.98. The van der Waals surface area contributed by atoms with Gasteiger partial charge in [0.25, 0.3) is 0 Å². The van der Waals surface area contributed by atoms with Crippen LogP contribution >= 0.6 is 11.6 Å². The number of nitrogens with zero attached hydrogens (tertiary/aromatic N) is 1. The Morgan fingerprint density at radius 3 is 1.98 bits per heavy atom. The highest BCUT2D eigenvalue weighted by molar-refractivity contribution is 6.30. The highest BCUT2D eigenvalue weighted by Crippen LogP contribution is 2.37.